The third-order valence-electron chi connectivity index (χ3n) is 5.57. The Hall–Kier alpha value is -4.20. The fourth-order valence-corrected chi connectivity index (χ4v) is 3.92. The van der Waals surface area contributed by atoms with Gasteiger partial charge in [0.1, 0.15) is 11.6 Å². The largest absolute Gasteiger partial charge is 0.492 e. The predicted octanol–water partition coefficient (Wildman–Crippen LogP) is 3.35. The topological polar surface area (TPSA) is 94.0 Å². The molecule has 0 unspecified atom stereocenters. The molecule has 0 aliphatic carbocycles. The monoisotopic (exact) mass is 440 g/mol. The van der Waals surface area contributed by atoms with E-state index in [4.69, 9.17) is 4.74 Å². The predicted molar refractivity (Wildman–Crippen MR) is 125 cm³/mol. The highest BCUT2D eigenvalue weighted by Crippen LogP contribution is 2.39. The number of carbonyl (C=O) groups is 1. The Morgan fingerprint density at radius 1 is 1.15 bits per heavy atom. The quantitative estimate of drug-likeness (QED) is 0.458. The van der Waals surface area contributed by atoms with Crippen molar-refractivity contribution in [3.63, 3.8) is 0 Å². The molecule has 0 atom stereocenters. The van der Waals surface area contributed by atoms with Crippen LogP contribution in [0.2, 0.25) is 0 Å². The third kappa shape index (κ3) is 4.55. The number of nitrogens with one attached hydrogen (secondary N) is 2. The maximum absolute atomic E-state index is 12.6. The molecule has 0 bridgehead atoms. The molecular weight excluding hydrogens is 416 g/mol. The fraction of sp³-hybridized carbons (Fsp3) is 0.200. The molecule has 8 heteroatoms. The fourth-order valence-electron chi connectivity index (χ4n) is 3.92. The maximum atomic E-state index is 12.6. The Morgan fingerprint density at radius 3 is 2.85 bits per heavy atom. The molecule has 2 N–H and O–H groups in total. The van der Waals surface area contributed by atoms with Gasteiger partial charge in [-0.3, -0.25) is 14.5 Å². The van der Waals surface area contributed by atoms with Crippen LogP contribution in [0.4, 0.5) is 5.82 Å². The van der Waals surface area contributed by atoms with Crippen molar-refractivity contribution >= 4 is 11.7 Å². The lowest BCUT2D eigenvalue weighted by molar-refractivity contribution is 0.0950. The van der Waals surface area contributed by atoms with Gasteiger partial charge in [0, 0.05) is 61.5 Å². The van der Waals surface area contributed by atoms with Crippen LogP contribution in [-0.4, -0.2) is 32.3 Å². The van der Waals surface area contributed by atoms with Crippen molar-refractivity contribution in [2.45, 2.75) is 19.5 Å². The molecule has 166 valence electrons. The van der Waals surface area contributed by atoms with Crippen molar-refractivity contribution < 1.29 is 9.53 Å². The Labute approximate surface area is 191 Å². The summed E-state index contributed by atoms with van der Waals surface area (Å²) in [5.74, 6) is 1.56. The number of hydrogen-bond donors (Lipinski definition) is 2. The van der Waals surface area contributed by atoms with Crippen LogP contribution in [0.5, 0.6) is 5.75 Å². The molecule has 8 nitrogen and oxygen atoms in total. The first-order valence-corrected chi connectivity index (χ1v) is 10.8. The van der Waals surface area contributed by atoms with Crippen LogP contribution < -0.4 is 15.4 Å². The standard InChI is InChI=1S/C25H24N6O2/c1-31-11-7-20(30-31)15-29-25(32)19-4-2-3-17(13-19)14-27-24-21-8-12-33-23(21)22(16-28-24)18-5-9-26-10-6-18/h2-7,9-11,13,16H,8,12,14-15H2,1H3,(H,27,28)(H,29,32). The molecule has 0 saturated carbocycles. The van der Waals surface area contributed by atoms with Crippen molar-refractivity contribution in [3.05, 3.63) is 89.6 Å². The van der Waals surface area contributed by atoms with Crippen LogP contribution in [0.1, 0.15) is 27.2 Å². The number of anilines is 1. The highest BCUT2D eigenvalue weighted by molar-refractivity contribution is 5.94. The summed E-state index contributed by atoms with van der Waals surface area (Å²) < 4.78 is 7.65. The van der Waals surface area contributed by atoms with Gasteiger partial charge >= 0.3 is 0 Å². The van der Waals surface area contributed by atoms with Gasteiger partial charge in [-0.1, -0.05) is 12.1 Å². The number of benzene rings is 1. The molecule has 1 aliphatic heterocycles. The molecule has 4 aromatic rings. The number of hydrogen-bond acceptors (Lipinski definition) is 6. The summed E-state index contributed by atoms with van der Waals surface area (Å²) in [6.07, 6.45) is 8.03. The Bertz CT molecular complexity index is 1290. The zero-order chi connectivity index (χ0) is 22.6. The van der Waals surface area contributed by atoms with E-state index in [1.807, 2.05) is 61.9 Å². The van der Waals surface area contributed by atoms with E-state index in [0.29, 0.717) is 25.3 Å². The zero-order valence-corrected chi connectivity index (χ0v) is 18.3. The molecule has 1 amide bonds. The molecule has 0 fully saturated rings. The van der Waals surface area contributed by atoms with E-state index in [2.05, 4.69) is 25.7 Å². The highest BCUT2D eigenvalue weighted by atomic mass is 16.5. The van der Waals surface area contributed by atoms with Gasteiger partial charge in [0.05, 0.1) is 18.8 Å². The van der Waals surface area contributed by atoms with Gasteiger partial charge in [-0.15, -0.1) is 0 Å². The SMILES string of the molecule is Cn1ccc(CNC(=O)c2cccc(CNc3ncc(-c4ccncc4)c4c3CCO4)c2)n1. The molecule has 1 aromatic carbocycles. The Balaban J connectivity index is 1.27. The minimum atomic E-state index is -0.128. The first-order valence-electron chi connectivity index (χ1n) is 10.8. The van der Waals surface area contributed by atoms with Crippen molar-refractivity contribution in [3.8, 4) is 16.9 Å². The van der Waals surface area contributed by atoms with Crippen LogP contribution in [0.3, 0.4) is 0 Å². The maximum Gasteiger partial charge on any atom is 0.251 e. The zero-order valence-electron chi connectivity index (χ0n) is 18.3. The smallest absolute Gasteiger partial charge is 0.251 e. The van der Waals surface area contributed by atoms with Gasteiger partial charge in [0.2, 0.25) is 0 Å². The van der Waals surface area contributed by atoms with Gasteiger partial charge in [0.15, 0.2) is 0 Å². The van der Waals surface area contributed by atoms with Crippen LogP contribution in [0, 0.1) is 0 Å². The van der Waals surface area contributed by atoms with Crippen LogP contribution >= 0.6 is 0 Å². The molecule has 0 radical (unpaired) electrons. The minimum Gasteiger partial charge on any atom is -0.492 e. The number of fused-ring (bicyclic) bond motifs is 1. The summed E-state index contributed by atoms with van der Waals surface area (Å²) in [4.78, 5) is 21.3. The summed E-state index contributed by atoms with van der Waals surface area (Å²) in [6.45, 7) is 1.58. The van der Waals surface area contributed by atoms with Crippen molar-refractivity contribution in [2.75, 3.05) is 11.9 Å². The van der Waals surface area contributed by atoms with Crippen LogP contribution in [0.15, 0.2) is 67.3 Å². The molecule has 0 spiro atoms. The van der Waals surface area contributed by atoms with E-state index in [0.717, 1.165) is 45.9 Å². The number of rotatable bonds is 7. The van der Waals surface area contributed by atoms with E-state index in [-0.39, 0.29) is 5.91 Å². The lowest BCUT2D eigenvalue weighted by atomic mass is 10.0. The van der Waals surface area contributed by atoms with E-state index < -0.39 is 0 Å². The van der Waals surface area contributed by atoms with Crippen molar-refractivity contribution in [1.29, 1.82) is 0 Å². The number of nitrogens with zero attached hydrogens (tertiary/aromatic N) is 4. The summed E-state index contributed by atoms with van der Waals surface area (Å²) >= 11 is 0. The Kier molecular flexibility index (Phi) is 5.72. The number of aromatic nitrogens is 4. The summed E-state index contributed by atoms with van der Waals surface area (Å²) in [5.41, 5.74) is 5.51. The summed E-state index contributed by atoms with van der Waals surface area (Å²) in [7, 11) is 1.85. The molecule has 0 saturated heterocycles. The van der Waals surface area contributed by atoms with Gasteiger partial charge in [-0.05, 0) is 41.5 Å². The second kappa shape index (κ2) is 9.12. The van der Waals surface area contributed by atoms with Gasteiger partial charge in [-0.25, -0.2) is 4.98 Å². The average Bonchev–Trinajstić information content (AvgIpc) is 3.51. The first kappa shape index (κ1) is 20.7. The van der Waals surface area contributed by atoms with Gasteiger partial charge in [-0.2, -0.15) is 5.10 Å². The second-order valence-electron chi connectivity index (χ2n) is 7.88. The number of amides is 1. The van der Waals surface area contributed by atoms with Gasteiger partial charge in [0.25, 0.3) is 5.91 Å². The number of carbonyl (C=O) groups excluding carboxylic acids is 1. The molecule has 4 heterocycles. The van der Waals surface area contributed by atoms with Crippen LogP contribution in [-0.2, 0) is 26.6 Å². The summed E-state index contributed by atoms with van der Waals surface area (Å²) in [5, 5.41) is 10.6. The molecule has 5 rings (SSSR count). The second-order valence-corrected chi connectivity index (χ2v) is 7.88. The molecule has 3 aromatic heterocycles. The number of ether oxygens (including phenoxy) is 1. The van der Waals surface area contributed by atoms with Crippen LogP contribution in [0.25, 0.3) is 11.1 Å². The van der Waals surface area contributed by atoms with E-state index in [9.17, 15) is 4.79 Å². The highest BCUT2D eigenvalue weighted by Gasteiger charge is 2.22. The molecule has 33 heavy (non-hydrogen) atoms. The third-order valence-corrected chi connectivity index (χ3v) is 5.57. The lowest BCUT2D eigenvalue weighted by Crippen LogP contribution is -2.23. The van der Waals surface area contributed by atoms with Crippen molar-refractivity contribution in [1.82, 2.24) is 25.1 Å². The average molecular weight is 441 g/mol. The Morgan fingerprint density at radius 2 is 2.03 bits per heavy atom. The normalized spacial score (nSPS) is 12.2. The van der Waals surface area contributed by atoms with Crippen molar-refractivity contribution in [2.24, 2.45) is 7.05 Å². The van der Waals surface area contributed by atoms with Gasteiger partial charge < -0.3 is 15.4 Å². The minimum absolute atomic E-state index is 0.128. The first-order chi connectivity index (χ1) is 16.2. The van der Waals surface area contributed by atoms with E-state index in [1.54, 1.807) is 17.1 Å². The number of pyridine rings is 2. The lowest BCUT2D eigenvalue weighted by Gasteiger charge is -2.13. The number of aryl methyl sites for hydroxylation is 1. The van der Waals surface area contributed by atoms with E-state index >= 15 is 0 Å². The molecule has 1 aliphatic rings. The molecular formula is C25H24N6O2. The van der Waals surface area contributed by atoms with E-state index in [1.165, 1.54) is 0 Å². The summed E-state index contributed by atoms with van der Waals surface area (Å²) in [6, 6.07) is 13.4.